The minimum atomic E-state index is -0.243. The minimum absolute atomic E-state index is 0.0231. The van der Waals surface area contributed by atoms with Crippen LogP contribution < -0.4 is 5.32 Å². The molecule has 0 saturated carbocycles. The molecule has 1 heterocycles. The zero-order valence-electron chi connectivity index (χ0n) is 12.4. The van der Waals surface area contributed by atoms with Crippen molar-refractivity contribution in [1.29, 1.82) is 0 Å². The van der Waals surface area contributed by atoms with E-state index < -0.39 is 0 Å². The second kappa shape index (κ2) is 7.52. The summed E-state index contributed by atoms with van der Waals surface area (Å²) >= 11 is 0. The van der Waals surface area contributed by atoms with Gasteiger partial charge in [0.2, 0.25) is 5.91 Å². The molecule has 0 bridgehead atoms. The Labute approximate surface area is 125 Å². The van der Waals surface area contributed by atoms with Crippen LogP contribution in [0.15, 0.2) is 24.3 Å². The molecular weight excluding hydrogens is 271 g/mol. The summed E-state index contributed by atoms with van der Waals surface area (Å²) in [7, 11) is 0. The van der Waals surface area contributed by atoms with Crippen LogP contribution in [0.3, 0.4) is 0 Å². The van der Waals surface area contributed by atoms with Crippen molar-refractivity contribution in [2.75, 3.05) is 19.7 Å². The molecule has 2 N–H and O–H groups in total. The Hall–Kier alpha value is -1.46. The van der Waals surface area contributed by atoms with Gasteiger partial charge in [-0.05, 0) is 43.0 Å². The molecule has 1 aliphatic rings. The van der Waals surface area contributed by atoms with Gasteiger partial charge < -0.3 is 10.4 Å². The molecule has 1 aromatic rings. The average Bonchev–Trinajstić information content (AvgIpc) is 2.95. The first-order valence-corrected chi connectivity index (χ1v) is 7.47. The summed E-state index contributed by atoms with van der Waals surface area (Å²) in [5, 5.41) is 11.9. The van der Waals surface area contributed by atoms with Crippen molar-refractivity contribution in [3.63, 3.8) is 0 Å². The predicted molar refractivity (Wildman–Crippen MR) is 79.1 cm³/mol. The molecule has 4 nitrogen and oxygen atoms in total. The number of amides is 1. The second-order valence-corrected chi connectivity index (χ2v) is 5.79. The van der Waals surface area contributed by atoms with E-state index in [-0.39, 0.29) is 30.3 Å². The normalized spacial score (nSPS) is 20.4. The highest BCUT2D eigenvalue weighted by Gasteiger charge is 2.30. The van der Waals surface area contributed by atoms with E-state index in [9.17, 15) is 9.18 Å². The molecule has 0 aromatic heterocycles. The van der Waals surface area contributed by atoms with Crippen LogP contribution >= 0.6 is 0 Å². The Morgan fingerprint density at radius 2 is 2.19 bits per heavy atom. The first kappa shape index (κ1) is 15.9. The van der Waals surface area contributed by atoms with Crippen molar-refractivity contribution in [1.82, 2.24) is 10.2 Å². The summed E-state index contributed by atoms with van der Waals surface area (Å²) in [5.41, 5.74) is 1.01. The van der Waals surface area contributed by atoms with E-state index in [1.165, 1.54) is 12.1 Å². The fraction of sp³-hybridized carbons (Fsp3) is 0.562. The van der Waals surface area contributed by atoms with Crippen molar-refractivity contribution in [3.05, 3.63) is 35.6 Å². The highest BCUT2D eigenvalue weighted by molar-refractivity contribution is 5.82. The standard InChI is InChI=1S/C16H23FN2O2/c1-12(11-20)9-18-16(21)15-3-2-8-19(15)10-13-4-6-14(17)7-5-13/h4-7,12,15,20H,2-3,8-11H2,1H3,(H,18,21). The Bertz CT molecular complexity index is 464. The lowest BCUT2D eigenvalue weighted by molar-refractivity contribution is -0.125. The van der Waals surface area contributed by atoms with Gasteiger partial charge in [0.05, 0.1) is 6.04 Å². The maximum Gasteiger partial charge on any atom is 0.237 e. The fourth-order valence-electron chi connectivity index (χ4n) is 2.59. The van der Waals surface area contributed by atoms with Crippen molar-refractivity contribution in [2.45, 2.75) is 32.4 Å². The van der Waals surface area contributed by atoms with Gasteiger partial charge >= 0.3 is 0 Å². The number of rotatable bonds is 6. The third kappa shape index (κ3) is 4.51. The molecule has 5 heteroatoms. The summed E-state index contributed by atoms with van der Waals surface area (Å²) in [6.07, 6.45) is 1.84. The topological polar surface area (TPSA) is 52.6 Å². The largest absolute Gasteiger partial charge is 0.396 e. The van der Waals surface area contributed by atoms with E-state index in [1.807, 2.05) is 6.92 Å². The summed E-state index contributed by atoms with van der Waals surface area (Å²) in [5.74, 6) is -0.150. The van der Waals surface area contributed by atoms with Crippen molar-refractivity contribution < 1.29 is 14.3 Å². The zero-order valence-corrected chi connectivity index (χ0v) is 12.4. The third-order valence-corrected chi connectivity index (χ3v) is 3.90. The summed E-state index contributed by atoms with van der Waals surface area (Å²) < 4.78 is 12.9. The lowest BCUT2D eigenvalue weighted by Crippen LogP contribution is -2.44. The number of nitrogens with zero attached hydrogens (tertiary/aromatic N) is 1. The van der Waals surface area contributed by atoms with E-state index >= 15 is 0 Å². The first-order chi connectivity index (χ1) is 10.1. The maximum absolute atomic E-state index is 12.9. The van der Waals surface area contributed by atoms with E-state index in [4.69, 9.17) is 5.11 Å². The first-order valence-electron chi connectivity index (χ1n) is 7.47. The summed E-state index contributed by atoms with van der Waals surface area (Å²) in [6, 6.07) is 6.29. The molecule has 1 aliphatic heterocycles. The third-order valence-electron chi connectivity index (χ3n) is 3.90. The maximum atomic E-state index is 12.9. The number of hydrogen-bond acceptors (Lipinski definition) is 3. The number of carbonyl (C=O) groups excluding carboxylic acids is 1. The second-order valence-electron chi connectivity index (χ2n) is 5.79. The molecule has 116 valence electrons. The molecule has 0 spiro atoms. The van der Waals surface area contributed by atoms with Crippen LogP contribution in [0.1, 0.15) is 25.3 Å². The quantitative estimate of drug-likeness (QED) is 0.837. The molecule has 2 atom stereocenters. The number of nitrogens with one attached hydrogen (secondary N) is 1. The van der Waals surface area contributed by atoms with E-state index in [0.29, 0.717) is 13.1 Å². The van der Waals surface area contributed by atoms with Crippen LogP contribution in [-0.4, -0.2) is 41.7 Å². The molecule has 1 aromatic carbocycles. The molecule has 21 heavy (non-hydrogen) atoms. The number of aliphatic hydroxyl groups excluding tert-OH is 1. The molecule has 0 radical (unpaired) electrons. The zero-order chi connectivity index (χ0) is 15.2. The van der Waals surface area contributed by atoms with Gasteiger partial charge in [-0.1, -0.05) is 19.1 Å². The average molecular weight is 294 g/mol. The van der Waals surface area contributed by atoms with Crippen LogP contribution in [0.4, 0.5) is 4.39 Å². The fourth-order valence-corrected chi connectivity index (χ4v) is 2.59. The van der Waals surface area contributed by atoms with Crippen molar-refractivity contribution in [2.24, 2.45) is 5.92 Å². The Morgan fingerprint density at radius 1 is 1.48 bits per heavy atom. The van der Waals surface area contributed by atoms with E-state index in [0.717, 1.165) is 24.9 Å². The van der Waals surface area contributed by atoms with Crippen LogP contribution in [0, 0.1) is 11.7 Å². The van der Waals surface area contributed by atoms with E-state index in [2.05, 4.69) is 10.2 Å². The molecule has 2 rings (SSSR count). The lowest BCUT2D eigenvalue weighted by atomic mass is 10.1. The molecule has 0 aliphatic carbocycles. The van der Waals surface area contributed by atoms with E-state index in [1.54, 1.807) is 12.1 Å². The molecule has 2 unspecified atom stereocenters. The number of likely N-dealkylation sites (tertiary alicyclic amines) is 1. The number of halogens is 1. The van der Waals surface area contributed by atoms with Gasteiger partial charge in [-0.25, -0.2) is 4.39 Å². The minimum Gasteiger partial charge on any atom is -0.396 e. The number of hydrogen-bond donors (Lipinski definition) is 2. The van der Waals surface area contributed by atoms with Gasteiger partial charge in [0.25, 0.3) is 0 Å². The van der Waals surface area contributed by atoms with Gasteiger partial charge in [0.15, 0.2) is 0 Å². The highest BCUT2D eigenvalue weighted by atomic mass is 19.1. The van der Waals surface area contributed by atoms with Gasteiger partial charge in [0, 0.05) is 19.7 Å². The van der Waals surface area contributed by atoms with Gasteiger partial charge in [0.1, 0.15) is 5.82 Å². The summed E-state index contributed by atoms with van der Waals surface area (Å²) in [6.45, 7) is 4.00. The van der Waals surface area contributed by atoms with Gasteiger partial charge in [-0.2, -0.15) is 0 Å². The highest BCUT2D eigenvalue weighted by Crippen LogP contribution is 2.20. The smallest absolute Gasteiger partial charge is 0.237 e. The van der Waals surface area contributed by atoms with Crippen molar-refractivity contribution >= 4 is 5.91 Å². The molecule has 1 amide bonds. The van der Waals surface area contributed by atoms with Crippen molar-refractivity contribution in [3.8, 4) is 0 Å². The Balaban J connectivity index is 1.90. The molecule has 1 saturated heterocycles. The Kier molecular flexibility index (Phi) is 5.70. The number of benzene rings is 1. The van der Waals surface area contributed by atoms with Crippen LogP contribution in [0.5, 0.6) is 0 Å². The molecule has 1 fully saturated rings. The van der Waals surface area contributed by atoms with Crippen LogP contribution in [0.2, 0.25) is 0 Å². The molecular formula is C16H23FN2O2. The monoisotopic (exact) mass is 294 g/mol. The Morgan fingerprint density at radius 3 is 2.86 bits per heavy atom. The van der Waals surface area contributed by atoms with Crippen LogP contribution in [0.25, 0.3) is 0 Å². The number of carbonyl (C=O) groups is 1. The van der Waals surface area contributed by atoms with Gasteiger partial charge in [-0.3, -0.25) is 9.69 Å². The van der Waals surface area contributed by atoms with Gasteiger partial charge in [-0.15, -0.1) is 0 Å². The summed E-state index contributed by atoms with van der Waals surface area (Å²) in [4.78, 5) is 14.4. The number of aliphatic hydroxyl groups is 1. The lowest BCUT2D eigenvalue weighted by Gasteiger charge is -2.24. The predicted octanol–water partition coefficient (Wildman–Crippen LogP) is 1.53. The SMILES string of the molecule is CC(CO)CNC(=O)C1CCCN1Cc1ccc(F)cc1. The van der Waals surface area contributed by atoms with Crippen LogP contribution in [-0.2, 0) is 11.3 Å².